The van der Waals surface area contributed by atoms with Crippen LogP contribution in [0.2, 0.25) is 0 Å². The first-order valence-electron chi connectivity index (χ1n) is 6.74. The van der Waals surface area contributed by atoms with Gasteiger partial charge < -0.3 is 10.6 Å². The number of hydrogen-bond acceptors (Lipinski definition) is 4. The Balaban J connectivity index is 2.00. The van der Waals surface area contributed by atoms with Crippen molar-refractivity contribution >= 4 is 11.8 Å². The Bertz CT molecular complexity index is 671. The Hall–Kier alpha value is -3.02. The molecule has 2 heterocycles. The third-order valence-electron chi connectivity index (χ3n) is 2.82. The van der Waals surface area contributed by atoms with Gasteiger partial charge in [0.2, 0.25) is 0 Å². The van der Waals surface area contributed by atoms with Gasteiger partial charge in [0.1, 0.15) is 11.4 Å². The van der Waals surface area contributed by atoms with Crippen LogP contribution in [0.3, 0.4) is 0 Å². The zero-order chi connectivity index (χ0) is 15.8. The van der Waals surface area contributed by atoms with Crippen LogP contribution in [-0.4, -0.2) is 28.3 Å². The number of nitrogens with zero attached hydrogens (tertiary/aromatic N) is 2. The monoisotopic (exact) mass is 296 g/mol. The molecule has 2 N–H and O–H groups in total. The van der Waals surface area contributed by atoms with E-state index >= 15 is 0 Å². The predicted molar refractivity (Wildman–Crippen MR) is 82.2 cm³/mol. The lowest BCUT2D eigenvalue weighted by Gasteiger charge is -2.06. The first-order valence-corrected chi connectivity index (χ1v) is 6.74. The molecule has 0 aromatic carbocycles. The Morgan fingerprint density at radius 1 is 1.05 bits per heavy atom. The van der Waals surface area contributed by atoms with Crippen molar-refractivity contribution in [3.8, 4) is 0 Å². The number of rotatable bonds is 6. The fourth-order valence-electron chi connectivity index (χ4n) is 1.72. The van der Waals surface area contributed by atoms with Crippen molar-refractivity contribution in [2.75, 3.05) is 6.54 Å². The van der Waals surface area contributed by atoms with E-state index in [2.05, 4.69) is 27.2 Å². The zero-order valence-corrected chi connectivity index (χ0v) is 12.0. The van der Waals surface area contributed by atoms with Crippen LogP contribution in [0.15, 0.2) is 55.4 Å². The van der Waals surface area contributed by atoms with Gasteiger partial charge in [0.25, 0.3) is 11.8 Å². The predicted octanol–water partition coefficient (Wildman–Crippen LogP) is 1.32. The average molecular weight is 296 g/mol. The fraction of sp³-hybridized carbons (Fsp3) is 0.125. The van der Waals surface area contributed by atoms with Crippen molar-refractivity contribution in [3.63, 3.8) is 0 Å². The molecule has 2 aromatic heterocycles. The molecule has 6 nitrogen and oxygen atoms in total. The molecule has 0 saturated carbocycles. The molecule has 0 spiro atoms. The summed E-state index contributed by atoms with van der Waals surface area (Å²) >= 11 is 0. The van der Waals surface area contributed by atoms with Gasteiger partial charge in [-0.05, 0) is 29.8 Å². The molecule has 0 fully saturated rings. The third-order valence-corrected chi connectivity index (χ3v) is 2.82. The number of pyridine rings is 2. The molecule has 0 bridgehead atoms. The van der Waals surface area contributed by atoms with Crippen molar-refractivity contribution < 1.29 is 9.59 Å². The van der Waals surface area contributed by atoms with Gasteiger partial charge in [0, 0.05) is 25.5 Å². The van der Waals surface area contributed by atoms with Crippen LogP contribution in [0.5, 0.6) is 0 Å². The third kappa shape index (κ3) is 4.24. The van der Waals surface area contributed by atoms with Gasteiger partial charge in [-0.1, -0.05) is 12.1 Å². The van der Waals surface area contributed by atoms with E-state index in [0.29, 0.717) is 13.1 Å². The second-order valence-corrected chi connectivity index (χ2v) is 4.44. The molecule has 0 aliphatic heterocycles. The molecule has 0 radical (unpaired) electrons. The average Bonchev–Trinajstić information content (AvgIpc) is 2.58. The molecule has 0 aliphatic carbocycles. The summed E-state index contributed by atoms with van der Waals surface area (Å²) in [4.78, 5) is 31.8. The van der Waals surface area contributed by atoms with E-state index in [9.17, 15) is 9.59 Å². The Morgan fingerprint density at radius 2 is 1.68 bits per heavy atom. The van der Waals surface area contributed by atoms with Crippen LogP contribution in [0.4, 0.5) is 0 Å². The Morgan fingerprint density at radius 3 is 2.32 bits per heavy atom. The molecule has 0 saturated heterocycles. The van der Waals surface area contributed by atoms with Gasteiger partial charge in [-0.25, -0.2) is 4.98 Å². The minimum Gasteiger partial charge on any atom is -0.347 e. The SMILES string of the molecule is C=CCNC(=O)c1cccc(C(=O)NCc2ccncc2)n1. The lowest BCUT2D eigenvalue weighted by Crippen LogP contribution is -2.27. The van der Waals surface area contributed by atoms with Crippen molar-refractivity contribution in [1.82, 2.24) is 20.6 Å². The number of hydrogen-bond donors (Lipinski definition) is 2. The molecular weight excluding hydrogens is 280 g/mol. The van der Waals surface area contributed by atoms with Gasteiger partial charge in [-0.2, -0.15) is 0 Å². The van der Waals surface area contributed by atoms with E-state index in [1.54, 1.807) is 36.7 Å². The summed E-state index contributed by atoms with van der Waals surface area (Å²) in [6, 6.07) is 8.36. The van der Waals surface area contributed by atoms with Crippen LogP contribution >= 0.6 is 0 Å². The van der Waals surface area contributed by atoms with E-state index in [-0.39, 0.29) is 23.2 Å². The lowest BCUT2D eigenvalue weighted by molar-refractivity contribution is 0.0944. The lowest BCUT2D eigenvalue weighted by atomic mass is 10.2. The van der Waals surface area contributed by atoms with Crippen LogP contribution < -0.4 is 10.6 Å². The van der Waals surface area contributed by atoms with Gasteiger partial charge in [0.15, 0.2) is 0 Å². The highest BCUT2D eigenvalue weighted by molar-refractivity contribution is 5.96. The molecule has 112 valence electrons. The van der Waals surface area contributed by atoms with Crippen molar-refractivity contribution in [1.29, 1.82) is 0 Å². The summed E-state index contributed by atoms with van der Waals surface area (Å²) in [7, 11) is 0. The Labute approximate surface area is 128 Å². The standard InChI is InChI=1S/C16H16N4O2/c1-2-8-18-15(21)13-4-3-5-14(20-13)16(22)19-11-12-6-9-17-10-7-12/h2-7,9-10H,1,8,11H2,(H,18,21)(H,19,22). The molecule has 2 aromatic rings. The van der Waals surface area contributed by atoms with E-state index in [1.807, 2.05) is 12.1 Å². The van der Waals surface area contributed by atoms with E-state index in [4.69, 9.17) is 0 Å². The molecule has 0 atom stereocenters. The van der Waals surface area contributed by atoms with Crippen LogP contribution in [0.1, 0.15) is 26.5 Å². The molecule has 0 unspecified atom stereocenters. The smallest absolute Gasteiger partial charge is 0.270 e. The first-order chi connectivity index (χ1) is 10.7. The molecule has 6 heteroatoms. The maximum Gasteiger partial charge on any atom is 0.270 e. The van der Waals surface area contributed by atoms with Gasteiger partial charge in [-0.15, -0.1) is 6.58 Å². The second-order valence-electron chi connectivity index (χ2n) is 4.44. The molecule has 2 rings (SSSR count). The minimum atomic E-state index is -0.344. The van der Waals surface area contributed by atoms with Crippen LogP contribution in [0.25, 0.3) is 0 Å². The number of aromatic nitrogens is 2. The number of carbonyl (C=O) groups is 2. The van der Waals surface area contributed by atoms with E-state index in [0.717, 1.165) is 5.56 Å². The van der Waals surface area contributed by atoms with Crippen molar-refractivity contribution in [3.05, 3.63) is 72.3 Å². The summed E-state index contributed by atoms with van der Waals surface area (Å²) in [6.07, 6.45) is 4.89. The minimum absolute atomic E-state index is 0.193. The second kappa shape index (κ2) is 7.68. The fourth-order valence-corrected chi connectivity index (χ4v) is 1.72. The van der Waals surface area contributed by atoms with E-state index < -0.39 is 0 Å². The largest absolute Gasteiger partial charge is 0.347 e. The molecule has 22 heavy (non-hydrogen) atoms. The van der Waals surface area contributed by atoms with Crippen molar-refractivity contribution in [2.24, 2.45) is 0 Å². The highest BCUT2D eigenvalue weighted by atomic mass is 16.2. The highest BCUT2D eigenvalue weighted by Crippen LogP contribution is 2.01. The summed E-state index contributed by atoms with van der Waals surface area (Å²) in [6.45, 7) is 4.24. The van der Waals surface area contributed by atoms with Crippen LogP contribution in [0, 0.1) is 0 Å². The summed E-state index contributed by atoms with van der Waals surface area (Å²) in [5, 5.41) is 5.36. The summed E-state index contributed by atoms with van der Waals surface area (Å²) in [5.74, 6) is -0.682. The first kappa shape index (κ1) is 15.4. The summed E-state index contributed by atoms with van der Waals surface area (Å²) in [5.41, 5.74) is 1.32. The topological polar surface area (TPSA) is 84.0 Å². The van der Waals surface area contributed by atoms with Gasteiger partial charge in [-0.3, -0.25) is 14.6 Å². The normalized spacial score (nSPS) is 9.82. The maximum atomic E-state index is 12.1. The molecule has 2 amide bonds. The number of amides is 2. The van der Waals surface area contributed by atoms with Gasteiger partial charge in [0.05, 0.1) is 0 Å². The number of nitrogens with one attached hydrogen (secondary N) is 2. The van der Waals surface area contributed by atoms with Gasteiger partial charge >= 0.3 is 0 Å². The molecule has 0 aliphatic rings. The number of carbonyl (C=O) groups excluding carboxylic acids is 2. The highest BCUT2D eigenvalue weighted by Gasteiger charge is 2.11. The van der Waals surface area contributed by atoms with Crippen LogP contribution in [-0.2, 0) is 6.54 Å². The Kier molecular flexibility index (Phi) is 5.37. The zero-order valence-electron chi connectivity index (χ0n) is 12.0. The maximum absolute atomic E-state index is 12.1. The quantitative estimate of drug-likeness (QED) is 0.788. The van der Waals surface area contributed by atoms with Crippen molar-refractivity contribution in [2.45, 2.75) is 6.54 Å². The molecular formula is C16H16N4O2. The summed E-state index contributed by atoms with van der Waals surface area (Å²) < 4.78 is 0. The van der Waals surface area contributed by atoms with E-state index in [1.165, 1.54) is 0 Å².